The van der Waals surface area contributed by atoms with Crippen LogP contribution in [0.2, 0.25) is 0 Å². The molecule has 6 nitrogen and oxygen atoms in total. The van der Waals surface area contributed by atoms with Gasteiger partial charge in [-0.2, -0.15) is 4.80 Å². The highest BCUT2D eigenvalue weighted by Crippen LogP contribution is 2.37. The number of nitrogens with zero attached hydrogens (tertiary/aromatic N) is 5. The van der Waals surface area contributed by atoms with E-state index in [9.17, 15) is 13.2 Å². The third-order valence-corrected chi connectivity index (χ3v) is 6.44. The summed E-state index contributed by atoms with van der Waals surface area (Å²) in [6, 6.07) is 14.1. The molecule has 1 unspecified atom stereocenters. The van der Waals surface area contributed by atoms with E-state index in [4.69, 9.17) is 11.6 Å². The molecule has 1 aromatic heterocycles. The van der Waals surface area contributed by atoms with E-state index < -0.39 is 6.36 Å². The lowest BCUT2D eigenvalue weighted by Crippen LogP contribution is -2.34. The Balaban J connectivity index is 1.28. The van der Waals surface area contributed by atoms with Gasteiger partial charge in [-0.3, -0.25) is 4.90 Å². The van der Waals surface area contributed by atoms with Crippen LogP contribution in [0.5, 0.6) is 5.75 Å². The molecule has 0 bridgehead atoms. The molecular formula is C23H25ClF3N5O. The maximum Gasteiger partial charge on any atom is 0.573 e. The molecule has 1 saturated heterocycles. The lowest BCUT2D eigenvalue weighted by molar-refractivity contribution is -0.274. The second-order valence-corrected chi connectivity index (χ2v) is 8.60. The highest BCUT2D eigenvalue weighted by atomic mass is 35.5. The van der Waals surface area contributed by atoms with Gasteiger partial charge in [0.25, 0.3) is 0 Å². The number of ether oxygens (including phenoxy) is 1. The van der Waals surface area contributed by atoms with E-state index in [1.807, 2.05) is 19.1 Å². The molecule has 1 aliphatic rings. The Morgan fingerprint density at radius 1 is 1.06 bits per heavy atom. The summed E-state index contributed by atoms with van der Waals surface area (Å²) in [7, 11) is 0. The van der Waals surface area contributed by atoms with Gasteiger partial charge in [-0.05, 0) is 67.2 Å². The molecule has 0 saturated carbocycles. The van der Waals surface area contributed by atoms with Gasteiger partial charge in [-0.15, -0.1) is 35.0 Å². The van der Waals surface area contributed by atoms with Crippen molar-refractivity contribution in [2.24, 2.45) is 5.92 Å². The number of aromatic nitrogens is 4. The number of hydrogen-bond acceptors (Lipinski definition) is 5. The summed E-state index contributed by atoms with van der Waals surface area (Å²) >= 11 is 6.67. The highest BCUT2D eigenvalue weighted by Gasteiger charge is 2.31. The summed E-state index contributed by atoms with van der Waals surface area (Å²) in [5.41, 5.74) is 2.96. The number of hydrogen-bond donors (Lipinski definition) is 0. The summed E-state index contributed by atoms with van der Waals surface area (Å²) in [4.78, 5) is 3.95. The summed E-state index contributed by atoms with van der Waals surface area (Å²) in [6.45, 7) is 5.32. The van der Waals surface area contributed by atoms with Gasteiger partial charge in [0, 0.05) is 12.1 Å². The van der Waals surface area contributed by atoms with Gasteiger partial charge in [-0.25, -0.2) is 0 Å². The quantitative estimate of drug-likeness (QED) is 0.422. The topological polar surface area (TPSA) is 56.1 Å². The molecule has 1 aliphatic heterocycles. The third-order valence-electron chi connectivity index (χ3n) is 5.83. The van der Waals surface area contributed by atoms with Crippen LogP contribution in [-0.2, 0) is 13.1 Å². The third kappa shape index (κ3) is 6.23. The minimum Gasteiger partial charge on any atom is -0.406 e. The normalized spacial score (nSPS) is 16.6. The standard InChI is InChI=1S/C23H25ClF3N5O/c1-2-32-29-22(28-30-32)19-5-3-16(4-6-19)15-31-13-11-18(12-14-31)21(24)17-7-9-20(10-8-17)33-23(25,26)27/h3-10,18,21H,2,11-15H2,1H3. The molecule has 33 heavy (non-hydrogen) atoms. The minimum atomic E-state index is -4.69. The first kappa shape index (κ1) is 23.5. The first-order valence-electron chi connectivity index (χ1n) is 10.9. The molecule has 1 fully saturated rings. The average Bonchev–Trinajstić information content (AvgIpc) is 3.29. The van der Waals surface area contributed by atoms with E-state index in [0.717, 1.165) is 43.6 Å². The molecule has 0 spiro atoms. The van der Waals surface area contributed by atoms with Crippen molar-refractivity contribution in [3.8, 4) is 17.1 Å². The molecule has 0 amide bonds. The molecule has 0 N–H and O–H groups in total. The largest absolute Gasteiger partial charge is 0.573 e. The fourth-order valence-electron chi connectivity index (χ4n) is 4.04. The van der Waals surface area contributed by atoms with Crippen LogP contribution in [0.25, 0.3) is 11.4 Å². The zero-order chi connectivity index (χ0) is 23.4. The SMILES string of the molecule is CCn1nnc(-c2ccc(CN3CCC(C(Cl)c4ccc(OC(F)(F)F)cc4)CC3)cc2)n1. The van der Waals surface area contributed by atoms with Crippen molar-refractivity contribution in [2.75, 3.05) is 13.1 Å². The van der Waals surface area contributed by atoms with Crippen molar-refractivity contribution in [1.82, 2.24) is 25.1 Å². The number of piperidine rings is 1. The van der Waals surface area contributed by atoms with Crippen molar-refractivity contribution in [3.63, 3.8) is 0 Å². The smallest absolute Gasteiger partial charge is 0.406 e. The first-order chi connectivity index (χ1) is 15.8. The maximum atomic E-state index is 12.3. The van der Waals surface area contributed by atoms with E-state index in [2.05, 4.69) is 37.2 Å². The van der Waals surface area contributed by atoms with Crippen LogP contribution in [0.1, 0.15) is 36.3 Å². The molecule has 3 aromatic rings. The predicted molar refractivity (Wildman–Crippen MR) is 119 cm³/mol. The second kappa shape index (κ2) is 10.1. The first-order valence-corrected chi connectivity index (χ1v) is 11.3. The Morgan fingerprint density at radius 2 is 1.73 bits per heavy atom. The Hall–Kier alpha value is -2.65. The molecule has 4 rings (SSSR count). The lowest BCUT2D eigenvalue weighted by Gasteiger charge is -2.34. The van der Waals surface area contributed by atoms with E-state index >= 15 is 0 Å². The molecule has 1 atom stereocenters. The summed E-state index contributed by atoms with van der Waals surface area (Å²) in [5, 5.41) is 12.2. The molecule has 0 aliphatic carbocycles. The number of rotatable bonds is 7. The Labute approximate surface area is 195 Å². The maximum absolute atomic E-state index is 12.3. The van der Waals surface area contributed by atoms with Crippen LogP contribution in [0.3, 0.4) is 0 Å². The van der Waals surface area contributed by atoms with Crippen molar-refractivity contribution in [1.29, 1.82) is 0 Å². The van der Waals surface area contributed by atoms with Gasteiger partial charge in [0.1, 0.15) is 5.75 Å². The molecule has 2 aromatic carbocycles. The van der Waals surface area contributed by atoms with Crippen LogP contribution in [0, 0.1) is 5.92 Å². The number of benzene rings is 2. The van der Waals surface area contributed by atoms with E-state index in [-0.39, 0.29) is 17.0 Å². The Kier molecular flexibility index (Phi) is 7.19. The number of alkyl halides is 4. The van der Waals surface area contributed by atoms with Gasteiger partial charge in [-0.1, -0.05) is 36.4 Å². The fourth-order valence-corrected chi connectivity index (χ4v) is 4.44. The van der Waals surface area contributed by atoms with E-state index in [0.29, 0.717) is 12.4 Å². The Morgan fingerprint density at radius 3 is 2.30 bits per heavy atom. The fraction of sp³-hybridized carbons (Fsp3) is 0.435. The van der Waals surface area contributed by atoms with Crippen LogP contribution in [0.15, 0.2) is 48.5 Å². The Bertz CT molecular complexity index is 1030. The van der Waals surface area contributed by atoms with E-state index in [1.165, 1.54) is 17.7 Å². The summed E-state index contributed by atoms with van der Waals surface area (Å²) in [6.07, 6.45) is -2.84. The molecule has 0 radical (unpaired) electrons. The summed E-state index contributed by atoms with van der Waals surface area (Å²) in [5.74, 6) is 0.656. The van der Waals surface area contributed by atoms with Gasteiger partial charge >= 0.3 is 6.36 Å². The van der Waals surface area contributed by atoms with Crippen LogP contribution < -0.4 is 4.74 Å². The second-order valence-electron chi connectivity index (χ2n) is 8.13. The molecule has 2 heterocycles. The van der Waals surface area contributed by atoms with Crippen molar-refractivity contribution >= 4 is 11.6 Å². The lowest BCUT2D eigenvalue weighted by atomic mass is 9.89. The number of halogens is 4. The molecular weight excluding hydrogens is 455 g/mol. The van der Waals surface area contributed by atoms with Gasteiger partial charge < -0.3 is 4.74 Å². The number of tetrazole rings is 1. The predicted octanol–water partition coefficient (Wildman–Crippen LogP) is 5.45. The van der Waals surface area contributed by atoms with Crippen LogP contribution in [0.4, 0.5) is 13.2 Å². The van der Waals surface area contributed by atoms with Gasteiger partial charge in [0.05, 0.1) is 11.9 Å². The van der Waals surface area contributed by atoms with Crippen LogP contribution >= 0.6 is 11.6 Å². The monoisotopic (exact) mass is 479 g/mol. The van der Waals surface area contributed by atoms with Crippen molar-refractivity contribution in [2.45, 2.75) is 44.6 Å². The van der Waals surface area contributed by atoms with E-state index in [1.54, 1.807) is 16.9 Å². The molecule has 176 valence electrons. The zero-order valence-electron chi connectivity index (χ0n) is 18.2. The van der Waals surface area contributed by atoms with Gasteiger partial charge in [0.2, 0.25) is 5.82 Å². The number of aryl methyl sites for hydroxylation is 1. The number of likely N-dealkylation sites (tertiary alicyclic amines) is 1. The zero-order valence-corrected chi connectivity index (χ0v) is 18.9. The molecule has 10 heteroatoms. The summed E-state index contributed by atoms with van der Waals surface area (Å²) < 4.78 is 40.9. The average molecular weight is 480 g/mol. The van der Waals surface area contributed by atoms with Gasteiger partial charge in [0.15, 0.2) is 0 Å². The van der Waals surface area contributed by atoms with Crippen molar-refractivity contribution < 1.29 is 17.9 Å². The van der Waals surface area contributed by atoms with Crippen LogP contribution in [-0.4, -0.2) is 44.6 Å². The highest BCUT2D eigenvalue weighted by molar-refractivity contribution is 6.21. The van der Waals surface area contributed by atoms with Crippen molar-refractivity contribution in [3.05, 3.63) is 59.7 Å². The minimum absolute atomic E-state index is 0.235.